The molecule has 0 saturated heterocycles. The summed E-state index contributed by atoms with van der Waals surface area (Å²) in [6.07, 6.45) is 1.62. The number of pyridine rings is 1. The van der Waals surface area contributed by atoms with Gasteiger partial charge in [0.15, 0.2) is 5.78 Å². The second kappa shape index (κ2) is 5.45. The van der Waals surface area contributed by atoms with E-state index in [9.17, 15) is 4.79 Å². The van der Waals surface area contributed by atoms with Gasteiger partial charge in [-0.15, -0.1) is 0 Å². The molecule has 18 heavy (non-hydrogen) atoms. The fraction of sp³-hybridized carbons (Fsp3) is 0.200. The van der Waals surface area contributed by atoms with Crippen LogP contribution in [-0.2, 0) is 6.54 Å². The largest absolute Gasteiger partial charge is 0.355 e. The quantitative estimate of drug-likeness (QED) is 0.770. The van der Waals surface area contributed by atoms with Crippen molar-refractivity contribution in [2.24, 2.45) is 0 Å². The van der Waals surface area contributed by atoms with Gasteiger partial charge in [0.1, 0.15) is 5.82 Å². The van der Waals surface area contributed by atoms with Crippen LogP contribution in [0, 0.1) is 0 Å². The third kappa shape index (κ3) is 2.94. The van der Waals surface area contributed by atoms with E-state index >= 15 is 0 Å². The van der Waals surface area contributed by atoms with Gasteiger partial charge in [0, 0.05) is 25.4 Å². The van der Waals surface area contributed by atoms with Crippen molar-refractivity contribution in [2.45, 2.75) is 13.5 Å². The first-order valence-electron chi connectivity index (χ1n) is 5.89. The molecule has 0 fully saturated rings. The first-order valence-corrected chi connectivity index (χ1v) is 5.89. The van der Waals surface area contributed by atoms with Crippen LogP contribution >= 0.6 is 0 Å². The maximum Gasteiger partial charge on any atom is 0.161 e. The van der Waals surface area contributed by atoms with Crippen LogP contribution in [0.15, 0.2) is 48.7 Å². The van der Waals surface area contributed by atoms with Gasteiger partial charge in [-0.2, -0.15) is 0 Å². The summed E-state index contributed by atoms with van der Waals surface area (Å²) in [6.45, 7) is 2.34. The molecule has 0 aliphatic rings. The van der Waals surface area contributed by atoms with Crippen LogP contribution in [0.2, 0.25) is 0 Å². The van der Waals surface area contributed by atoms with E-state index in [0.29, 0.717) is 5.56 Å². The topological polar surface area (TPSA) is 33.2 Å². The lowest BCUT2D eigenvalue weighted by Gasteiger charge is -2.18. The summed E-state index contributed by atoms with van der Waals surface area (Å²) in [5.74, 6) is 0.906. The second-order valence-corrected chi connectivity index (χ2v) is 4.30. The van der Waals surface area contributed by atoms with Crippen LogP contribution in [0.1, 0.15) is 22.8 Å². The van der Waals surface area contributed by atoms with Gasteiger partial charge in [-0.1, -0.05) is 30.3 Å². The van der Waals surface area contributed by atoms with Crippen molar-refractivity contribution in [3.05, 3.63) is 59.8 Å². The molecule has 3 heteroatoms. The highest BCUT2D eigenvalue weighted by Crippen LogP contribution is 2.13. The summed E-state index contributed by atoms with van der Waals surface area (Å²) in [6, 6.07) is 13.9. The molecule has 1 aromatic heterocycles. The van der Waals surface area contributed by atoms with E-state index in [1.807, 2.05) is 37.4 Å². The minimum absolute atomic E-state index is 0.0414. The molecule has 0 unspecified atom stereocenters. The Morgan fingerprint density at radius 3 is 2.44 bits per heavy atom. The van der Waals surface area contributed by atoms with E-state index in [1.54, 1.807) is 13.1 Å². The number of carbonyl (C=O) groups excluding carboxylic acids is 1. The predicted octanol–water partition coefficient (Wildman–Crippen LogP) is 2.92. The van der Waals surface area contributed by atoms with Gasteiger partial charge >= 0.3 is 0 Å². The van der Waals surface area contributed by atoms with E-state index < -0.39 is 0 Å². The van der Waals surface area contributed by atoms with Gasteiger partial charge in [0.05, 0.1) is 0 Å². The number of rotatable bonds is 4. The minimum Gasteiger partial charge on any atom is -0.355 e. The SMILES string of the molecule is CC(=O)c1ccc(N(C)Cc2ccccc2)nc1. The molecule has 0 amide bonds. The number of hydrogen-bond donors (Lipinski definition) is 0. The molecule has 1 heterocycles. The highest BCUT2D eigenvalue weighted by atomic mass is 16.1. The normalized spacial score (nSPS) is 10.1. The fourth-order valence-electron chi connectivity index (χ4n) is 1.76. The van der Waals surface area contributed by atoms with Gasteiger partial charge in [-0.05, 0) is 24.6 Å². The molecule has 3 nitrogen and oxygen atoms in total. The highest BCUT2D eigenvalue weighted by Gasteiger charge is 2.05. The average molecular weight is 240 g/mol. The highest BCUT2D eigenvalue weighted by molar-refractivity contribution is 5.93. The Morgan fingerprint density at radius 1 is 1.17 bits per heavy atom. The second-order valence-electron chi connectivity index (χ2n) is 4.30. The lowest BCUT2D eigenvalue weighted by Crippen LogP contribution is -2.17. The molecule has 0 aliphatic carbocycles. The first-order chi connectivity index (χ1) is 8.66. The molecule has 0 radical (unpaired) electrons. The zero-order valence-electron chi connectivity index (χ0n) is 10.6. The van der Waals surface area contributed by atoms with Crippen molar-refractivity contribution in [2.75, 3.05) is 11.9 Å². The Balaban J connectivity index is 2.09. The van der Waals surface area contributed by atoms with Crippen LogP contribution in [0.25, 0.3) is 0 Å². The molecular weight excluding hydrogens is 224 g/mol. The molecule has 0 bridgehead atoms. The third-order valence-electron chi connectivity index (χ3n) is 2.81. The number of Topliss-reactive ketones (excluding diaryl/α,β-unsaturated/α-hetero) is 1. The zero-order chi connectivity index (χ0) is 13.0. The van der Waals surface area contributed by atoms with Crippen LogP contribution in [0.3, 0.4) is 0 Å². The van der Waals surface area contributed by atoms with Gasteiger partial charge < -0.3 is 4.90 Å². The van der Waals surface area contributed by atoms with Gasteiger partial charge in [0.25, 0.3) is 0 Å². The summed E-state index contributed by atoms with van der Waals surface area (Å²) in [5.41, 5.74) is 1.88. The third-order valence-corrected chi connectivity index (χ3v) is 2.81. The van der Waals surface area contributed by atoms with Crippen LogP contribution in [0.4, 0.5) is 5.82 Å². The lowest BCUT2D eigenvalue weighted by atomic mass is 10.2. The summed E-state index contributed by atoms with van der Waals surface area (Å²) in [5, 5.41) is 0. The van der Waals surface area contributed by atoms with Crippen LogP contribution < -0.4 is 4.90 Å². The minimum atomic E-state index is 0.0414. The molecule has 92 valence electrons. The number of benzene rings is 1. The van der Waals surface area contributed by atoms with E-state index in [-0.39, 0.29) is 5.78 Å². The molecule has 0 atom stereocenters. The molecule has 0 N–H and O–H groups in total. The number of ketones is 1. The Hall–Kier alpha value is -2.16. The average Bonchev–Trinajstić information content (AvgIpc) is 2.40. The van der Waals surface area contributed by atoms with Crippen molar-refractivity contribution in [3.8, 4) is 0 Å². The van der Waals surface area contributed by atoms with Crippen molar-refractivity contribution in [3.63, 3.8) is 0 Å². The van der Waals surface area contributed by atoms with Crippen LogP contribution in [0.5, 0.6) is 0 Å². The number of aromatic nitrogens is 1. The summed E-state index contributed by atoms with van der Waals surface area (Å²) in [7, 11) is 1.99. The Morgan fingerprint density at radius 2 is 1.89 bits per heavy atom. The first kappa shape index (κ1) is 12.3. The molecule has 1 aromatic carbocycles. The molecular formula is C15H16N2O. The van der Waals surface area contributed by atoms with Gasteiger partial charge in [0.2, 0.25) is 0 Å². The number of hydrogen-bond acceptors (Lipinski definition) is 3. The summed E-state index contributed by atoms with van der Waals surface area (Å²) in [4.78, 5) is 17.5. The molecule has 0 aliphatic heterocycles. The van der Waals surface area contributed by atoms with Crippen LogP contribution in [-0.4, -0.2) is 17.8 Å². The molecule has 2 rings (SSSR count). The van der Waals surface area contributed by atoms with E-state index in [2.05, 4.69) is 22.0 Å². The zero-order valence-corrected chi connectivity index (χ0v) is 10.6. The van der Waals surface area contributed by atoms with Crippen molar-refractivity contribution >= 4 is 11.6 Å². The number of carbonyl (C=O) groups is 1. The maximum atomic E-state index is 11.2. The Labute approximate surface area is 107 Å². The lowest BCUT2D eigenvalue weighted by molar-refractivity contribution is 0.101. The smallest absolute Gasteiger partial charge is 0.161 e. The number of nitrogens with zero attached hydrogens (tertiary/aromatic N) is 2. The number of anilines is 1. The molecule has 0 spiro atoms. The standard InChI is InChI=1S/C15H16N2O/c1-12(18)14-8-9-15(16-10-14)17(2)11-13-6-4-3-5-7-13/h3-10H,11H2,1-2H3. The molecule has 0 saturated carbocycles. The summed E-state index contributed by atoms with van der Waals surface area (Å²) >= 11 is 0. The van der Waals surface area contributed by atoms with Gasteiger partial charge in [-0.3, -0.25) is 4.79 Å². The van der Waals surface area contributed by atoms with E-state index in [4.69, 9.17) is 0 Å². The van der Waals surface area contributed by atoms with Gasteiger partial charge in [-0.25, -0.2) is 4.98 Å². The van der Waals surface area contributed by atoms with E-state index in [1.165, 1.54) is 5.56 Å². The maximum absolute atomic E-state index is 11.2. The monoisotopic (exact) mass is 240 g/mol. The summed E-state index contributed by atoms with van der Waals surface area (Å²) < 4.78 is 0. The predicted molar refractivity (Wildman–Crippen MR) is 72.8 cm³/mol. The van der Waals surface area contributed by atoms with Crippen molar-refractivity contribution in [1.82, 2.24) is 4.98 Å². The Kier molecular flexibility index (Phi) is 3.72. The van der Waals surface area contributed by atoms with Crippen molar-refractivity contribution in [1.29, 1.82) is 0 Å². The fourth-order valence-corrected chi connectivity index (χ4v) is 1.76. The van der Waals surface area contributed by atoms with Crippen molar-refractivity contribution < 1.29 is 4.79 Å². The molecule has 2 aromatic rings. The Bertz CT molecular complexity index is 520. The van der Waals surface area contributed by atoms with E-state index in [0.717, 1.165) is 12.4 Å².